The van der Waals surface area contributed by atoms with Crippen LogP contribution in [-0.4, -0.2) is 35.7 Å². The Labute approximate surface area is 171 Å². The van der Waals surface area contributed by atoms with Gasteiger partial charge in [0.05, 0.1) is 22.1 Å². The molecule has 3 aromatic heterocycles. The normalized spacial score (nSPS) is 11.3. The molecule has 0 spiro atoms. The summed E-state index contributed by atoms with van der Waals surface area (Å²) >= 11 is 0. The Morgan fingerprint density at radius 2 is 1.03 bits per heavy atom. The minimum atomic E-state index is -0.339. The van der Waals surface area contributed by atoms with E-state index in [4.69, 9.17) is 0 Å². The van der Waals surface area contributed by atoms with Gasteiger partial charge in [-0.15, -0.1) is 0 Å². The molecule has 3 heterocycles. The molecule has 7 nitrogen and oxygen atoms in total. The third-order valence-corrected chi connectivity index (χ3v) is 5.19. The van der Waals surface area contributed by atoms with Crippen LogP contribution in [0.25, 0.3) is 22.1 Å². The highest BCUT2D eigenvalue weighted by molar-refractivity contribution is 6.10. The molecule has 0 bridgehead atoms. The largest absolute Gasteiger partial charge is 0.324 e. The molecular formula is C23H17N5O2. The first kappa shape index (κ1) is 17.9. The predicted molar refractivity (Wildman–Crippen MR) is 113 cm³/mol. The summed E-state index contributed by atoms with van der Waals surface area (Å²) in [6, 6.07) is 19.9. The van der Waals surface area contributed by atoms with Crippen molar-refractivity contribution in [1.82, 2.24) is 24.1 Å². The summed E-state index contributed by atoms with van der Waals surface area (Å²) in [5.74, 6) is -0.131. The Kier molecular flexibility index (Phi) is 4.03. The van der Waals surface area contributed by atoms with Crippen molar-refractivity contribution in [3.8, 4) is 0 Å². The second kappa shape index (κ2) is 6.73. The lowest BCUT2D eigenvalue weighted by atomic mass is 10.2. The van der Waals surface area contributed by atoms with E-state index in [1.165, 1.54) is 0 Å². The highest BCUT2D eigenvalue weighted by Gasteiger charge is 2.22. The van der Waals surface area contributed by atoms with E-state index in [1.54, 1.807) is 41.4 Å². The van der Waals surface area contributed by atoms with Crippen molar-refractivity contribution >= 4 is 33.6 Å². The van der Waals surface area contributed by atoms with E-state index in [0.29, 0.717) is 0 Å². The number of fused-ring (bicyclic) bond motifs is 2. The molecule has 2 aromatic carbocycles. The van der Waals surface area contributed by atoms with Crippen LogP contribution in [0.15, 0.2) is 66.7 Å². The van der Waals surface area contributed by atoms with Gasteiger partial charge in [-0.1, -0.05) is 30.3 Å². The number of hydrogen-bond donors (Lipinski definition) is 0. The molecule has 5 aromatic rings. The first-order valence-corrected chi connectivity index (χ1v) is 9.44. The Balaban J connectivity index is 1.54. The molecule has 0 aliphatic carbocycles. The van der Waals surface area contributed by atoms with E-state index in [9.17, 15) is 9.59 Å². The Hall–Kier alpha value is -4.13. The highest BCUT2D eigenvalue weighted by Crippen LogP contribution is 2.19. The van der Waals surface area contributed by atoms with E-state index in [0.717, 1.165) is 22.1 Å². The van der Waals surface area contributed by atoms with Crippen molar-refractivity contribution in [2.75, 3.05) is 0 Å². The summed E-state index contributed by atoms with van der Waals surface area (Å²) in [5, 5.41) is 0. The molecule has 0 fully saturated rings. The summed E-state index contributed by atoms with van der Waals surface area (Å²) in [4.78, 5) is 39.4. The molecule has 146 valence electrons. The maximum Gasteiger partial charge on any atom is 0.246 e. The fourth-order valence-corrected chi connectivity index (χ4v) is 3.61. The van der Waals surface area contributed by atoms with E-state index >= 15 is 0 Å². The van der Waals surface area contributed by atoms with Crippen molar-refractivity contribution in [3.63, 3.8) is 0 Å². The van der Waals surface area contributed by atoms with Crippen molar-refractivity contribution < 1.29 is 9.59 Å². The number of carbonyl (C=O) groups excluding carboxylic acids is 2. The van der Waals surface area contributed by atoms with Gasteiger partial charge in [-0.3, -0.25) is 9.59 Å². The second-order valence-corrected chi connectivity index (χ2v) is 7.03. The number of rotatable bonds is 4. The fourth-order valence-electron chi connectivity index (χ4n) is 3.61. The van der Waals surface area contributed by atoms with Crippen LogP contribution in [-0.2, 0) is 14.1 Å². The molecule has 0 saturated heterocycles. The smallest absolute Gasteiger partial charge is 0.246 e. The molecule has 0 amide bonds. The topological polar surface area (TPSA) is 82.7 Å². The fraction of sp³-hybridized carbons (Fsp3) is 0.0870. The number of benzene rings is 2. The van der Waals surface area contributed by atoms with Crippen LogP contribution in [0, 0.1) is 0 Å². The maximum atomic E-state index is 13.1. The Bertz CT molecular complexity index is 1350. The molecule has 0 saturated carbocycles. The van der Waals surface area contributed by atoms with Crippen LogP contribution < -0.4 is 0 Å². The predicted octanol–water partition coefficient (Wildman–Crippen LogP) is 3.32. The lowest BCUT2D eigenvalue weighted by molar-refractivity contribution is 0.101. The van der Waals surface area contributed by atoms with Crippen LogP contribution in [0.5, 0.6) is 0 Å². The minimum absolute atomic E-state index is 0.165. The van der Waals surface area contributed by atoms with Gasteiger partial charge >= 0.3 is 0 Å². The molecule has 0 radical (unpaired) electrons. The number of imidazole rings is 2. The van der Waals surface area contributed by atoms with E-state index in [2.05, 4.69) is 15.0 Å². The van der Waals surface area contributed by atoms with Gasteiger partial charge in [0.1, 0.15) is 11.4 Å². The monoisotopic (exact) mass is 395 g/mol. The van der Waals surface area contributed by atoms with Crippen LogP contribution in [0.2, 0.25) is 0 Å². The Morgan fingerprint density at radius 1 is 0.600 bits per heavy atom. The third kappa shape index (κ3) is 2.71. The summed E-state index contributed by atoms with van der Waals surface area (Å²) in [6.45, 7) is 0. The van der Waals surface area contributed by atoms with Gasteiger partial charge in [0, 0.05) is 14.1 Å². The molecular weight excluding hydrogens is 378 g/mol. The third-order valence-electron chi connectivity index (χ3n) is 5.19. The first-order chi connectivity index (χ1) is 14.5. The average molecular weight is 395 g/mol. The quantitative estimate of drug-likeness (QED) is 0.436. The molecule has 7 heteroatoms. The number of aryl methyl sites for hydroxylation is 2. The van der Waals surface area contributed by atoms with Gasteiger partial charge in [-0.05, 0) is 36.4 Å². The number of nitrogens with zero attached hydrogens (tertiary/aromatic N) is 5. The number of aromatic nitrogens is 5. The van der Waals surface area contributed by atoms with Crippen LogP contribution in [0.1, 0.15) is 32.6 Å². The SMILES string of the molecule is Cn1c(C(=O)c2cccc(C(=O)c3nc4ccccc4n3C)n2)nc2ccccc21. The maximum absolute atomic E-state index is 13.1. The number of para-hydroxylation sites is 4. The van der Waals surface area contributed by atoms with Crippen molar-refractivity contribution in [2.45, 2.75) is 0 Å². The van der Waals surface area contributed by atoms with Gasteiger partial charge in [0.15, 0.2) is 11.6 Å². The summed E-state index contributed by atoms with van der Waals surface area (Å²) in [5.41, 5.74) is 3.50. The standard InChI is InChI=1S/C23H17N5O2/c1-27-18-12-5-3-8-14(18)25-22(27)20(29)16-10-7-11-17(24-16)21(30)23-26-15-9-4-6-13-19(15)28(23)2/h3-13H,1-2H3. The van der Waals surface area contributed by atoms with Gasteiger partial charge < -0.3 is 9.13 Å². The summed E-state index contributed by atoms with van der Waals surface area (Å²) < 4.78 is 3.47. The van der Waals surface area contributed by atoms with Gasteiger partial charge in [0.2, 0.25) is 11.6 Å². The minimum Gasteiger partial charge on any atom is -0.324 e. The molecule has 5 rings (SSSR count). The highest BCUT2D eigenvalue weighted by atomic mass is 16.1. The number of hydrogen-bond acceptors (Lipinski definition) is 5. The zero-order valence-corrected chi connectivity index (χ0v) is 16.4. The number of carbonyl (C=O) groups is 2. The molecule has 0 aliphatic rings. The van der Waals surface area contributed by atoms with Gasteiger partial charge in [-0.2, -0.15) is 0 Å². The van der Waals surface area contributed by atoms with Gasteiger partial charge in [-0.25, -0.2) is 15.0 Å². The zero-order chi connectivity index (χ0) is 20.8. The summed E-state index contributed by atoms with van der Waals surface area (Å²) in [6.07, 6.45) is 0. The molecule has 0 N–H and O–H groups in total. The summed E-state index contributed by atoms with van der Waals surface area (Å²) in [7, 11) is 3.58. The van der Waals surface area contributed by atoms with Crippen LogP contribution >= 0.6 is 0 Å². The molecule has 0 atom stereocenters. The van der Waals surface area contributed by atoms with Crippen LogP contribution in [0.3, 0.4) is 0 Å². The average Bonchev–Trinajstić information content (AvgIpc) is 3.30. The first-order valence-electron chi connectivity index (χ1n) is 9.44. The molecule has 0 aliphatic heterocycles. The van der Waals surface area contributed by atoms with E-state index in [1.807, 2.05) is 48.5 Å². The molecule has 0 unspecified atom stereocenters. The van der Waals surface area contributed by atoms with E-state index in [-0.39, 0.29) is 34.6 Å². The van der Waals surface area contributed by atoms with Crippen molar-refractivity contribution in [3.05, 3.63) is 89.8 Å². The molecule has 30 heavy (non-hydrogen) atoms. The Morgan fingerprint density at radius 3 is 1.47 bits per heavy atom. The number of pyridine rings is 1. The second-order valence-electron chi connectivity index (χ2n) is 7.03. The van der Waals surface area contributed by atoms with Gasteiger partial charge in [0.25, 0.3) is 0 Å². The zero-order valence-electron chi connectivity index (χ0n) is 16.4. The van der Waals surface area contributed by atoms with E-state index < -0.39 is 0 Å². The lowest BCUT2D eigenvalue weighted by Gasteiger charge is -2.05. The number of ketones is 2. The lowest BCUT2D eigenvalue weighted by Crippen LogP contribution is -2.15. The van der Waals surface area contributed by atoms with Crippen LogP contribution in [0.4, 0.5) is 0 Å². The van der Waals surface area contributed by atoms with Crippen molar-refractivity contribution in [2.24, 2.45) is 14.1 Å². The van der Waals surface area contributed by atoms with Crippen molar-refractivity contribution in [1.29, 1.82) is 0 Å².